The molecule has 0 aromatic heterocycles. The Kier molecular flexibility index (Phi) is 4.87. The summed E-state index contributed by atoms with van der Waals surface area (Å²) in [4.78, 5) is 27.0. The topological polar surface area (TPSA) is 81.4 Å². The van der Waals surface area contributed by atoms with Crippen molar-refractivity contribution in [3.05, 3.63) is 107 Å². The second-order valence-electron chi connectivity index (χ2n) is 6.72. The normalized spacial score (nSPS) is 17.7. The lowest BCUT2D eigenvalue weighted by atomic mass is 9.94. The van der Waals surface area contributed by atoms with Crippen LogP contribution in [-0.2, 0) is 9.59 Å². The minimum atomic E-state index is -1.15. The zero-order chi connectivity index (χ0) is 21.3. The lowest BCUT2D eigenvalue weighted by Gasteiger charge is -2.25. The summed E-state index contributed by atoms with van der Waals surface area (Å²) in [7, 11) is 0. The second-order valence-corrected chi connectivity index (χ2v) is 6.72. The molecule has 0 spiro atoms. The van der Waals surface area contributed by atoms with Crippen molar-refractivity contribution in [1.29, 1.82) is 5.26 Å². The van der Waals surface area contributed by atoms with Gasteiger partial charge in [0.1, 0.15) is 11.6 Å². The monoisotopic (exact) mass is 398 g/mol. The van der Waals surface area contributed by atoms with Gasteiger partial charge in [0.25, 0.3) is 11.7 Å². The molecule has 1 aliphatic heterocycles. The molecule has 1 fully saturated rings. The van der Waals surface area contributed by atoms with Crippen molar-refractivity contribution in [3.63, 3.8) is 0 Å². The number of hydrogen-bond acceptors (Lipinski definition) is 4. The van der Waals surface area contributed by atoms with Gasteiger partial charge in [-0.05, 0) is 30.3 Å². The number of amides is 1. The molecule has 3 aromatic rings. The Labute approximate surface area is 171 Å². The number of carbonyl (C=O) groups excluding carboxylic acids is 2. The molecule has 0 bridgehead atoms. The van der Waals surface area contributed by atoms with E-state index in [1.54, 1.807) is 36.4 Å². The van der Waals surface area contributed by atoms with Crippen molar-refractivity contribution < 1.29 is 19.1 Å². The summed E-state index contributed by atoms with van der Waals surface area (Å²) in [5, 5.41) is 19.9. The molecular formula is C24H15FN2O3. The summed E-state index contributed by atoms with van der Waals surface area (Å²) in [6, 6.07) is 21.0. The third kappa shape index (κ3) is 3.12. The first-order chi connectivity index (χ1) is 14.5. The number of anilines is 1. The number of aliphatic hydroxyl groups excluding tert-OH is 1. The third-order valence-corrected chi connectivity index (χ3v) is 4.97. The molecular weight excluding hydrogens is 383 g/mol. The lowest BCUT2D eigenvalue weighted by Crippen LogP contribution is -2.29. The van der Waals surface area contributed by atoms with E-state index in [0.717, 1.165) is 4.90 Å². The van der Waals surface area contributed by atoms with E-state index in [1.165, 1.54) is 42.5 Å². The molecule has 3 aromatic carbocycles. The van der Waals surface area contributed by atoms with Crippen molar-refractivity contribution in [2.24, 2.45) is 0 Å². The molecule has 0 aliphatic carbocycles. The summed E-state index contributed by atoms with van der Waals surface area (Å²) in [6.45, 7) is 0. The lowest BCUT2D eigenvalue weighted by molar-refractivity contribution is -0.132. The number of aliphatic hydroxyl groups is 1. The fraction of sp³-hybridized carbons (Fsp3) is 0.0417. The molecule has 30 heavy (non-hydrogen) atoms. The van der Waals surface area contributed by atoms with Crippen LogP contribution in [0.5, 0.6) is 0 Å². The first-order valence-corrected chi connectivity index (χ1v) is 9.14. The quantitative estimate of drug-likeness (QED) is 0.405. The molecule has 1 atom stereocenters. The van der Waals surface area contributed by atoms with E-state index in [-0.39, 0.29) is 16.9 Å². The molecule has 1 aliphatic rings. The van der Waals surface area contributed by atoms with Crippen LogP contribution >= 0.6 is 0 Å². The first-order valence-electron chi connectivity index (χ1n) is 9.14. The highest BCUT2D eigenvalue weighted by molar-refractivity contribution is 6.51. The van der Waals surface area contributed by atoms with Crippen molar-refractivity contribution in [2.75, 3.05) is 4.90 Å². The average Bonchev–Trinajstić information content (AvgIpc) is 3.04. The van der Waals surface area contributed by atoms with E-state index in [4.69, 9.17) is 5.26 Å². The van der Waals surface area contributed by atoms with Crippen LogP contribution in [-0.4, -0.2) is 16.8 Å². The average molecular weight is 398 g/mol. The molecule has 146 valence electrons. The Morgan fingerprint density at radius 1 is 0.933 bits per heavy atom. The summed E-state index contributed by atoms with van der Waals surface area (Å²) in [6.07, 6.45) is 0. The fourth-order valence-electron chi connectivity index (χ4n) is 3.54. The van der Waals surface area contributed by atoms with E-state index in [9.17, 15) is 19.1 Å². The molecule has 4 rings (SSSR count). The molecule has 1 unspecified atom stereocenters. The SMILES string of the molecule is N#Cc1ccc(N2C(=O)C(=O)/C(=C(\O)c3ccccc3)C2c2ccccc2F)cc1. The number of ketones is 1. The number of nitriles is 1. The van der Waals surface area contributed by atoms with Gasteiger partial charge in [0.05, 0.1) is 23.2 Å². The molecule has 1 N–H and O–H groups in total. The van der Waals surface area contributed by atoms with E-state index in [0.29, 0.717) is 16.8 Å². The standard InChI is InChI=1S/C24H15FN2O3/c25-19-9-5-4-8-18(19)21-20(22(28)16-6-2-1-3-7-16)23(29)24(30)27(21)17-12-10-15(14-26)11-13-17/h1-13,21,28H/b22-20-. The largest absolute Gasteiger partial charge is 0.507 e. The van der Waals surface area contributed by atoms with Gasteiger partial charge in [0.15, 0.2) is 0 Å². The predicted octanol–water partition coefficient (Wildman–Crippen LogP) is 4.32. The van der Waals surface area contributed by atoms with Crippen molar-refractivity contribution in [2.45, 2.75) is 6.04 Å². The summed E-state index contributed by atoms with van der Waals surface area (Å²) in [5.41, 5.74) is 0.925. The highest BCUT2D eigenvalue weighted by Gasteiger charge is 2.47. The van der Waals surface area contributed by atoms with Gasteiger partial charge in [0, 0.05) is 16.8 Å². The second kappa shape index (κ2) is 7.64. The van der Waals surface area contributed by atoms with E-state index < -0.39 is 23.5 Å². The number of carbonyl (C=O) groups is 2. The van der Waals surface area contributed by atoms with Gasteiger partial charge in [0.2, 0.25) is 0 Å². The number of Topliss-reactive ketones (excluding diaryl/α,β-unsaturated/α-hetero) is 1. The van der Waals surface area contributed by atoms with Gasteiger partial charge in [-0.3, -0.25) is 14.5 Å². The number of rotatable bonds is 3. The van der Waals surface area contributed by atoms with Crippen LogP contribution in [0.3, 0.4) is 0 Å². The first kappa shape index (κ1) is 19.1. The van der Waals surface area contributed by atoms with Crippen LogP contribution in [0, 0.1) is 17.1 Å². The molecule has 1 heterocycles. The number of nitrogens with zero attached hydrogens (tertiary/aromatic N) is 2. The van der Waals surface area contributed by atoms with Crippen LogP contribution in [0.15, 0.2) is 84.4 Å². The van der Waals surface area contributed by atoms with Gasteiger partial charge >= 0.3 is 0 Å². The summed E-state index contributed by atoms with van der Waals surface area (Å²) in [5.74, 6) is -2.78. The minimum absolute atomic E-state index is 0.0820. The maximum Gasteiger partial charge on any atom is 0.300 e. The van der Waals surface area contributed by atoms with Gasteiger partial charge in [-0.15, -0.1) is 0 Å². The van der Waals surface area contributed by atoms with Crippen LogP contribution in [0.4, 0.5) is 10.1 Å². The Hall–Kier alpha value is -4.24. The summed E-state index contributed by atoms with van der Waals surface area (Å²) >= 11 is 0. The number of hydrogen-bond donors (Lipinski definition) is 1. The van der Waals surface area contributed by atoms with Gasteiger partial charge in [-0.25, -0.2) is 4.39 Å². The van der Waals surface area contributed by atoms with Crippen molar-refractivity contribution >= 4 is 23.1 Å². The van der Waals surface area contributed by atoms with Crippen molar-refractivity contribution in [3.8, 4) is 6.07 Å². The van der Waals surface area contributed by atoms with Gasteiger partial charge < -0.3 is 5.11 Å². The fourth-order valence-corrected chi connectivity index (χ4v) is 3.54. The van der Waals surface area contributed by atoms with Crippen LogP contribution < -0.4 is 4.90 Å². The third-order valence-electron chi connectivity index (χ3n) is 4.97. The maximum absolute atomic E-state index is 14.7. The summed E-state index contributed by atoms with van der Waals surface area (Å²) < 4.78 is 14.7. The van der Waals surface area contributed by atoms with Gasteiger partial charge in [-0.1, -0.05) is 48.5 Å². The highest BCUT2D eigenvalue weighted by atomic mass is 19.1. The van der Waals surface area contributed by atoms with Crippen molar-refractivity contribution in [1.82, 2.24) is 0 Å². The number of benzene rings is 3. The van der Waals surface area contributed by atoms with Crippen LogP contribution in [0.1, 0.15) is 22.7 Å². The molecule has 0 radical (unpaired) electrons. The molecule has 1 amide bonds. The van der Waals surface area contributed by atoms with Crippen LogP contribution in [0.25, 0.3) is 5.76 Å². The molecule has 6 heteroatoms. The molecule has 1 saturated heterocycles. The zero-order valence-corrected chi connectivity index (χ0v) is 15.6. The smallest absolute Gasteiger partial charge is 0.300 e. The Bertz CT molecular complexity index is 1210. The number of halogens is 1. The predicted molar refractivity (Wildman–Crippen MR) is 109 cm³/mol. The van der Waals surface area contributed by atoms with Crippen LogP contribution in [0.2, 0.25) is 0 Å². The van der Waals surface area contributed by atoms with Gasteiger partial charge in [-0.2, -0.15) is 5.26 Å². The molecule has 5 nitrogen and oxygen atoms in total. The Morgan fingerprint density at radius 2 is 1.57 bits per heavy atom. The Balaban J connectivity index is 1.96. The van der Waals surface area contributed by atoms with E-state index >= 15 is 0 Å². The van der Waals surface area contributed by atoms with E-state index in [1.807, 2.05) is 6.07 Å². The maximum atomic E-state index is 14.7. The highest BCUT2D eigenvalue weighted by Crippen LogP contribution is 2.42. The Morgan fingerprint density at radius 3 is 2.20 bits per heavy atom. The van der Waals surface area contributed by atoms with E-state index in [2.05, 4.69) is 0 Å². The molecule has 0 saturated carbocycles. The minimum Gasteiger partial charge on any atom is -0.507 e. The zero-order valence-electron chi connectivity index (χ0n) is 15.6.